The van der Waals surface area contributed by atoms with Crippen molar-refractivity contribution in [2.45, 2.75) is 12.6 Å². The first-order chi connectivity index (χ1) is 6.86. The van der Waals surface area contributed by atoms with Crippen LogP contribution in [0.4, 0.5) is 0 Å². The van der Waals surface area contributed by atoms with Crippen LogP contribution >= 0.6 is 0 Å². The van der Waals surface area contributed by atoms with E-state index >= 15 is 0 Å². The molecule has 0 aliphatic rings. The molecular formula is C10H13NO3. The molecule has 0 radical (unpaired) electrons. The fourth-order valence-corrected chi connectivity index (χ4v) is 1.00. The van der Waals surface area contributed by atoms with Gasteiger partial charge in [-0.3, -0.25) is 0 Å². The third-order valence-corrected chi connectivity index (χ3v) is 1.78. The summed E-state index contributed by atoms with van der Waals surface area (Å²) in [5.74, 6) is 0. The van der Waals surface area contributed by atoms with Gasteiger partial charge >= 0.3 is 0 Å². The molecule has 0 bridgehead atoms. The van der Waals surface area contributed by atoms with Gasteiger partial charge in [-0.1, -0.05) is 35.5 Å². The Morgan fingerprint density at radius 3 is 2.64 bits per heavy atom. The van der Waals surface area contributed by atoms with E-state index in [1.807, 2.05) is 30.3 Å². The van der Waals surface area contributed by atoms with Crippen molar-refractivity contribution in [3.8, 4) is 0 Å². The second kappa shape index (κ2) is 6.23. The lowest BCUT2D eigenvalue weighted by Gasteiger charge is -2.06. The quantitative estimate of drug-likeness (QED) is 0.696. The highest BCUT2D eigenvalue weighted by molar-refractivity contribution is 5.13. The van der Waals surface area contributed by atoms with Crippen LogP contribution in [0.5, 0.6) is 0 Å². The van der Waals surface area contributed by atoms with Crippen molar-refractivity contribution in [2.24, 2.45) is 5.18 Å². The molecule has 0 fully saturated rings. The van der Waals surface area contributed by atoms with E-state index in [2.05, 4.69) is 5.18 Å². The lowest BCUT2D eigenvalue weighted by Crippen LogP contribution is -2.17. The molecule has 0 aliphatic carbocycles. The molecule has 1 aromatic rings. The maximum Gasteiger partial charge on any atom is 0.138 e. The molecule has 0 spiro atoms. The minimum Gasteiger partial charge on any atom is -0.394 e. The van der Waals surface area contributed by atoms with Gasteiger partial charge in [0.25, 0.3) is 0 Å². The van der Waals surface area contributed by atoms with Crippen molar-refractivity contribution in [3.05, 3.63) is 40.8 Å². The van der Waals surface area contributed by atoms with Gasteiger partial charge in [-0.15, -0.1) is 0 Å². The Labute approximate surface area is 82.5 Å². The lowest BCUT2D eigenvalue weighted by atomic mass is 10.2. The van der Waals surface area contributed by atoms with Crippen LogP contribution in [0.25, 0.3) is 0 Å². The van der Waals surface area contributed by atoms with Gasteiger partial charge in [0.2, 0.25) is 0 Å². The van der Waals surface area contributed by atoms with Crippen LogP contribution in [-0.2, 0) is 11.3 Å². The van der Waals surface area contributed by atoms with Gasteiger partial charge in [-0.2, -0.15) is 4.91 Å². The van der Waals surface area contributed by atoms with Crippen molar-refractivity contribution >= 4 is 0 Å². The molecule has 4 nitrogen and oxygen atoms in total. The summed E-state index contributed by atoms with van der Waals surface area (Å²) in [7, 11) is 0. The average Bonchev–Trinajstić information content (AvgIpc) is 2.26. The molecule has 0 unspecified atom stereocenters. The second-order valence-corrected chi connectivity index (χ2v) is 2.94. The summed E-state index contributed by atoms with van der Waals surface area (Å²) >= 11 is 0. The standard InChI is InChI=1S/C10H13NO3/c12-6-10(11-13)8-14-7-9-4-2-1-3-5-9/h1-5,10,12H,6-8H2/t10-/m0/s1. The molecule has 0 aromatic heterocycles. The topological polar surface area (TPSA) is 58.9 Å². The number of nitrogens with zero attached hydrogens (tertiary/aromatic N) is 1. The molecular weight excluding hydrogens is 182 g/mol. The van der Waals surface area contributed by atoms with Crippen LogP contribution in [0.3, 0.4) is 0 Å². The van der Waals surface area contributed by atoms with Gasteiger partial charge in [0, 0.05) is 0 Å². The molecule has 1 aromatic carbocycles. The smallest absolute Gasteiger partial charge is 0.138 e. The van der Waals surface area contributed by atoms with Crippen LogP contribution in [0.2, 0.25) is 0 Å². The normalized spacial score (nSPS) is 12.4. The Kier molecular flexibility index (Phi) is 4.82. The predicted octanol–water partition coefficient (Wildman–Crippen LogP) is 1.33. The molecule has 0 heterocycles. The maximum atomic E-state index is 10.1. The number of aliphatic hydroxyl groups is 1. The van der Waals surface area contributed by atoms with Gasteiger partial charge in [0.15, 0.2) is 0 Å². The van der Waals surface area contributed by atoms with Crippen LogP contribution in [0.15, 0.2) is 35.5 Å². The Balaban J connectivity index is 2.25. The number of rotatable bonds is 6. The van der Waals surface area contributed by atoms with Crippen molar-refractivity contribution in [3.63, 3.8) is 0 Å². The molecule has 1 rings (SSSR count). The molecule has 4 heteroatoms. The summed E-state index contributed by atoms with van der Waals surface area (Å²) < 4.78 is 5.21. The van der Waals surface area contributed by atoms with E-state index in [1.54, 1.807) is 0 Å². The SMILES string of the molecule is O=N[C@@H](CO)COCc1ccccc1. The Morgan fingerprint density at radius 2 is 2.07 bits per heavy atom. The summed E-state index contributed by atoms with van der Waals surface area (Å²) in [5, 5.41) is 11.4. The zero-order chi connectivity index (χ0) is 10.2. The van der Waals surface area contributed by atoms with E-state index in [-0.39, 0.29) is 13.2 Å². The lowest BCUT2D eigenvalue weighted by molar-refractivity contribution is 0.0901. The first-order valence-electron chi connectivity index (χ1n) is 4.42. The fraction of sp³-hybridized carbons (Fsp3) is 0.400. The summed E-state index contributed by atoms with van der Waals surface area (Å²) in [6, 6.07) is 8.97. The monoisotopic (exact) mass is 195 g/mol. The largest absolute Gasteiger partial charge is 0.394 e. The minimum atomic E-state index is -0.654. The Bertz CT molecular complexity index is 263. The van der Waals surface area contributed by atoms with Gasteiger partial charge in [0.05, 0.1) is 19.8 Å². The van der Waals surface area contributed by atoms with Crippen molar-refractivity contribution in [1.29, 1.82) is 0 Å². The summed E-state index contributed by atoms with van der Waals surface area (Å²) in [6.07, 6.45) is 0. The molecule has 1 atom stereocenters. The summed E-state index contributed by atoms with van der Waals surface area (Å²) in [4.78, 5) is 10.1. The molecule has 0 saturated heterocycles. The Hall–Kier alpha value is -1.26. The number of hydrogen-bond donors (Lipinski definition) is 1. The molecule has 14 heavy (non-hydrogen) atoms. The zero-order valence-corrected chi connectivity index (χ0v) is 7.80. The highest BCUT2D eigenvalue weighted by Gasteiger charge is 2.06. The van der Waals surface area contributed by atoms with Crippen LogP contribution in [0, 0.1) is 4.91 Å². The van der Waals surface area contributed by atoms with E-state index in [4.69, 9.17) is 9.84 Å². The highest BCUT2D eigenvalue weighted by Crippen LogP contribution is 2.01. The van der Waals surface area contributed by atoms with E-state index < -0.39 is 6.04 Å². The second-order valence-electron chi connectivity index (χ2n) is 2.94. The third-order valence-electron chi connectivity index (χ3n) is 1.78. The number of hydrogen-bond acceptors (Lipinski definition) is 4. The summed E-state index contributed by atoms with van der Waals surface area (Å²) in [5.41, 5.74) is 1.04. The molecule has 76 valence electrons. The predicted molar refractivity (Wildman–Crippen MR) is 52.8 cm³/mol. The van der Waals surface area contributed by atoms with Crippen molar-refractivity contribution in [1.82, 2.24) is 0 Å². The first-order valence-corrected chi connectivity index (χ1v) is 4.42. The number of ether oxygens (including phenoxy) is 1. The van der Waals surface area contributed by atoms with Crippen molar-refractivity contribution in [2.75, 3.05) is 13.2 Å². The minimum absolute atomic E-state index is 0.162. The summed E-state index contributed by atoms with van der Waals surface area (Å²) in [6.45, 7) is 0.333. The molecule has 1 N–H and O–H groups in total. The number of aliphatic hydroxyl groups excluding tert-OH is 1. The fourth-order valence-electron chi connectivity index (χ4n) is 1.00. The Morgan fingerprint density at radius 1 is 1.36 bits per heavy atom. The van der Waals surface area contributed by atoms with Gasteiger partial charge < -0.3 is 9.84 Å². The third kappa shape index (κ3) is 3.64. The number of benzene rings is 1. The van der Waals surface area contributed by atoms with Crippen molar-refractivity contribution < 1.29 is 9.84 Å². The van der Waals surface area contributed by atoms with E-state index in [0.29, 0.717) is 6.61 Å². The molecule has 0 aliphatic heterocycles. The zero-order valence-electron chi connectivity index (χ0n) is 7.80. The van der Waals surface area contributed by atoms with E-state index in [0.717, 1.165) is 5.56 Å². The first kappa shape index (κ1) is 10.8. The maximum absolute atomic E-state index is 10.1. The average molecular weight is 195 g/mol. The highest BCUT2D eigenvalue weighted by atomic mass is 16.5. The van der Waals surface area contributed by atoms with Gasteiger partial charge in [-0.25, -0.2) is 0 Å². The van der Waals surface area contributed by atoms with Crippen LogP contribution < -0.4 is 0 Å². The van der Waals surface area contributed by atoms with Crippen LogP contribution in [-0.4, -0.2) is 24.4 Å². The van der Waals surface area contributed by atoms with Crippen LogP contribution in [0.1, 0.15) is 5.56 Å². The molecule has 0 saturated carbocycles. The van der Waals surface area contributed by atoms with E-state index in [9.17, 15) is 4.91 Å². The number of nitroso groups, excluding NO2 is 1. The van der Waals surface area contributed by atoms with Gasteiger partial charge in [-0.05, 0) is 5.56 Å². The van der Waals surface area contributed by atoms with E-state index in [1.165, 1.54) is 0 Å². The van der Waals surface area contributed by atoms with Gasteiger partial charge in [0.1, 0.15) is 6.04 Å². The molecule has 0 amide bonds.